The molecule has 2 rings (SSSR count). The number of carbonyl (C=O) groups excluding carboxylic acids is 1. The number of nitro benzene ring substituents is 1. The number of aromatic nitrogens is 1. The Morgan fingerprint density at radius 2 is 2.00 bits per heavy atom. The first-order chi connectivity index (χ1) is 11.7. The molecule has 0 aliphatic heterocycles. The third-order valence-corrected chi connectivity index (χ3v) is 3.82. The van der Waals surface area contributed by atoms with E-state index in [1.54, 1.807) is 6.21 Å². The Hall–Kier alpha value is -3.16. The van der Waals surface area contributed by atoms with Gasteiger partial charge in [-0.05, 0) is 39.8 Å². The zero-order valence-electron chi connectivity index (χ0n) is 14.6. The number of rotatable bonds is 5. The van der Waals surface area contributed by atoms with Gasteiger partial charge < -0.3 is 10.3 Å². The molecule has 1 amide bonds. The fourth-order valence-corrected chi connectivity index (χ4v) is 2.82. The molecular formula is C17H21N5O3. The molecule has 8 heteroatoms. The quantitative estimate of drug-likeness (QED) is 0.376. The maximum absolute atomic E-state index is 12.1. The molecule has 0 bridgehead atoms. The number of nitrogens with zero attached hydrogens (tertiary/aromatic N) is 3. The van der Waals surface area contributed by atoms with Crippen molar-refractivity contribution in [3.8, 4) is 0 Å². The first-order valence-corrected chi connectivity index (χ1v) is 7.77. The van der Waals surface area contributed by atoms with Crippen molar-refractivity contribution in [2.45, 2.75) is 33.7 Å². The van der Waals surface area contributed by atoms with Gasteiger partial charge >= 0.3 is 0 Å². The minimum absolute atomic E-state index is 0.0801. The number of carbonyl (C=O) groups is 1. The molecule has 1 heterocycles. The van der Waals surface area contributed by atoms with Crippen LogP contribution in [0.2, 0.25) is 0 Å². The highest BCUT2D eigenvalue weighted by Crippen LogP contribution is 2.19. The van der Waals surface area contributed by atoms with Crippen molar-refractivity contribution in [3.05, 3.63) is 56.9 Å². The summed E-state index contributed by atoms with van der Waals surface area (Å²) in [5.41, 5.74) is 11.0. The molecule has 0 fully saturated rings. The zero-order valence-corrected chi connectivity index (χ0v) is 14.6. The Bertz CT molecular complexity index is 852. The molecule has 2 aromatic rings. The van der Waals surface area contributed by atoms with E-state index in [0.29, 0.717) is 6.04 Å². The van der Waals surface area contributed by atoms with Crippen molar-refractivity contribution >= 4 is 23.5 Å². The van der Waals surface area contributed by atoms with Crippen LogP contribution in [-0.2, 0) is 0 Å². The summed E-state index contributed by atoms with van der Waals surface area (Å²) in [5.74, 6) is -0.565. The van der Waals surface area contributed by atoms with Gasteiger partial charge in [0.2, 0.25) is 0 Å². The zero-order chi connectivity index (χ0) is 18.7. The summed E-state index contributed by atoms with van der Waals surface area (Å²) in [5, 5.41) is 14.8. The molecule has 132 valence electrons. The number of nitrogens with one attached hydrogen (secondary N) is 1. The van der Waals surface area contributed by atoms with Crippen LogP contribution in [0.4, 0.5) is 11.4 Å². The molecule has 1 aromatic heterocycles. The average molecular weight is 343 g/mol. The number of benzene rings is 1. The fraction of sp³-hybridized carbons (Fsp3) is 0.294. The molecule has 0 saturated carbocycles. The second-order valence-corrected chi connectivity index (χ2v) is 6.06. The second-order valence-electron chi connectivity index (χ2n) is 6.06. The van der Waals surface area contributed by atoms with Crippen LogP contribution in [0.1, 0.15) is 47.2 Å². The lowest BCUT2D eigenvalue weighted by atomic mass is 10.1. The normalized spacial score (nSPS) is 11.2. The lowest BCUT2D eigenvalue weighted by Gasteiger charge is -2.13. The first kappa shape index (κ1) is 18.2. The van der Waals surface area contributed by atoms with E-state index in [2.05, 4.69) is 28.9 Å². The number of amides is 1. The van der Waals surface area contributed by atoms with E-state index < -0.39 is 10.8 Å². The van der Waals surface area contributed by atoms with Gasteiger partial charge in [-0.25, -0.2) is 5.43 Å². The summed E-state index contributed by atoms with van der Waals surface area (Å²) in [4.78, 5) is 22.4. The molecule has 0 atom stereocenters. The molecule has 0 aliphatic carbocycles. The van der Waals surface area contributed by atoms with Gasteiger partial charge in [0.05, 0.1) is 16.7 Å². The summed E-state index contributed by atoms with van der Waals surface area (Å²) in [7, 11) is 0. The van der Waals surface area contributed by atoms with Gasteiger partial charge in [-0.2, -0.15) is 5.10 Å². The molecule has 1 aromatic carbocycles. The van der Waals surface area contributed by atoms with E-state index in [-0.39, 0.29) is 16.9 Å². The van der Waals surface area contributed by atoms with E-state index in [1.165, 1.54) is 12.1 Å². The van der Waals surface area contributed by atoms with Crippen molar-refractivity contribution in [1.82, 2.24) is 9.99 Å². The highest BCUT2D eigenvalue weighted by Gasteiger charge is 2.14. The van der Waals surface area contributed by atoms with E-state index in [9.17, 15) is 14.9 Å². The second kappa shape index (κ2) is 7.16. The third kappa shape index (κ3) is 4.03. The third-order valence-electron chi connectivity index (χ3n) is 3.82. The Labute approximate surface area is 145 Å². The van der Waals surface area contributed by atoms with Crippen LogP contribution in [0.5, 0.6) is 0 Å². The minimum atomic E-state index is -0.600. The topological polar surface area (TPSA) is 116 Å². The van der Waals surface area contributed by atoms with Gasteiger partial charge in [-0.3, -0.25) is 14.9 Å². The Balaban J connectivity index is 2.17. The van der Waals surface area contributed by atoms with E-state index >= 15 is 0 Å². The molecular weight excluding hydrogens is 322 g/mol. The molecule has 8 nitrogen and oxygen atoms in total. The predicted octanol–water partition coefficient (Wildman–Crippen LogP) is 2.94. The molecule has 3 N–H and O–H groups in total. The van der Waals surface area contributed by atoms with Crippen molar-refractivity contribution in [2.75, 3.05) is 5.73 Å². The number of nitrogens with two attached hydrogens (primary N) is 1. The maximum atomic E-state index is 12.1. The average Bonchev–Trinajstić information content (AvgIpc) is 2.80. The number of nitrogen functional groups attached to an aromatic ring is 1. The molecule has 0 saturated heterocycles. The van der Waals surface area contributed by atoms with Gasteiger partial charge in [-0.15, -0.1) is 0 Å². The molecule has 25 heavy (non-hydrogen) atoms. The molecule has 0 aliphatic rings. The largest absolute Gasteiger partial charge is 0.399 e. The van der Waals surface area contributed by atoms with Crippen LogP contribution in [-0.4, -0.2) is 21.6 Å². The minimum Gasteiger partial charge on any atom is -0.399 e. The van der Waals surface area contributed by atoms with Crippen molar-refractivity contribution in [2.24, 2.45) is 5.10 Å². The monoisotopic (exact) mass is 343 g/mol. The van der Waals surface area contributed by atoms with Gasteiger partial charge in [-0.1, -0.05) is 0 Å². The van der Waals surface area contributed by atoms with Crippen molar-refractivity contribution in [1.29, 1.82) is 0 Å². The van der Waals surface area contributed by atoms with Gasteiger partial charge in [0, 0.05) is 40.8 Å². The van der Waals surface area contributed by atoms with Crippen LogP contribution >= 0.6 is 0 Å². The summed E-state index contributed by atoms with van der Waals surface area (Å²) in [6.07, 6.45) is 1.56. The van der Waals surface area contributed by atoms with Crippen LogP contribution in [0.3, 0.4) is 0 Å². The number of hydrogen-bond acceptors (Lipinski definition) is 5. The lowest BCUT2D eigenvalue weighted by molar-refractivity contribution is -0.384. The number of non-ortho nitro benzene ring substituents is 1. The van der Waals surface area contributed by atoms with Gasteiger partial charge in [0.25, 0.3) is 11.6 Å². The van der Waals surface area contributed by atoms with E-state index in [1.807, 2.05) is 19.9 Å². The van der Waals surface area contributed by atoms with Crippen molar-refractivity contribution in [3.63, 3.8) is 0 Å². The number of aryl methyl sites for hydroxylation is 1. The molecule has 0 spiro atoms. The van der Waals surface area contributed by atoms with Crippen LogP contribution < -0.4 is 11.2 Å². The Morgan fingerprint density at radius 3 is 2.56 bits per heavy atom. The maximum Gasteiger partial charge on any atom is 0.272 e. The Kier molecular flexibility index (Phi) is 5.21. The van der Waals surface area contributed by atoms with Gasteiger partial charge in [0.15, 0.2) is 0 Å². The van der Waals surface area contributed by atoms with Crippen LogP contribution in [0, 0.1) is 24.0 Å². The SMILES string of the molecule is Cc1cc(/C=N\NC(=O)c2cc(N)cc([N+](=O)[O-])c2)c(C)n1C(C)C. The van der Waals surface area contributed by atoms with Crippen LogP contribution in [0.25, 0.3) is 0 Å². The summed E-state index contributed by atoms with van der Waals surface area (Å²) < 4.78 is 2.17. The predicted molar refractivity (Wildman–Crippen MR) is 96.9 cm³/mol. The van der Waals surface area contributed by atoms with Crippen molar-refractivity contribution < 1.29 is 9.72 Å². The number of nitro groups is 1. The van der Waals surface area contributed by atoms with E-state index in [4.69, 9.17) is 5.73 Å². The fourth-order valence-electron chi connectivity index (χ4n) is 2.82. The summed E-state index contributed by atoms with van der Waals surface area (Å²) >= 11 is 0. The smallest absolute Gasteiger partial charge is 0.272 e. The van der Waals surface area contributed by atoms with Crippen LogP contribution in [0.15, 0.2) is 29.4 Å². The van der Waals surface area contributed by atoms with Gasteiger partial charge in [0.1, 0.15) is 0 Å². The Morgan fingerprint density at radius 1 is 1.32 bits per heavy atom. The standard InChI is InChI=1S/C17H21N5O3/c1-10(2)21-11(3)5-14(12(21)4)9-19-20-17(23)13-6-15(18)8-16(7-13)22(24)25/h5-10H,18H2,1-4H3,(H,20,23)/b19-9-. The lowest BCUT2D eigenvalue weighted by Crippen LogP contribution is -2.18. The van der Waals surface area contributed by atoms with E-state index in [0.717, 1.165) is 23.0 Å². The summed E-state index contributed by atoms with van der Waals surface area (Å²) in [6, 6.07) is 6.02. The number of anilines is 1. The first-order valence-electron chi connectivity index (χ1n) is 7.77. The summed E-state index contributed by atoms with van der Waals surface area (Å²) in [6.45, 7) is 8.18. The molecule has 0 radical (unpaired) electrons. The molecule has 0 unspecified atom stereocenters. The number of hydrazone groups is 1. The number of hydrogen-bond donors (Lipinski definition) is 2. The highest BCUT2D eigenvalue weighted by atomic mass is 16.6. The highest BCUT2D eigenvalue weighted by molar-refractivity contribution is 5.96.